The fourth-order valence-electron chi connectivity index (χ4n) is 4.93. The van der Waals surface area contributed by atoms with Gasteiger partial charge in [0.05, 0.1) is 13.4 Å². The molecule has 2 atom stereocenters. The monoisotopic (exact) mass is 611 g/mol. The van der Waals surface area contributed by atoms with Crippen molar-refractivity contribution in [2.75, 3.05) is 20.7 Å². The van der Waals surface area contributed by atoms with Gasteiger partial charge in [-0.15, -0.1) is 0 Å². The lowest BCUT2D eigenvalue weighted by atomic mass is 9.84. The van der Waals surface area contributed by atoms with Crippen LogP contribution in [0.3, 0.4) is 0 Å². The van der Waals surface area contributed by atoms with Crippen molar-refractivity contribution in [1.82, 2.24) is 25.5 Å². The van der Waals surface area contributed by atoms with Crippen LogP contribution in [-0.4, -0.2) is 65.6 Å². The third kappa shape index (κ3) is 9.43. The van der Waals surface area contributed by atoms with Crippen LogP contribution in [0.25, 0.3) is 0 Å². The van der Waals surface area contributed by atoms with Gasteiger partial charge in [-0.05, 0) is 28.8 Å². The molecule has 1 heterocycles. The molecule has 0 aliphatic carbocycles. The van der Waals surface area contributed by atoms with Gasteiger partial charge < -0.3 is 30.0 Å². The smallest absolute Gasteiger partial charge is 0.408 e. The van der Waals surface area contributed by atoms with Gasteiger partial charge in [-0.25, -0.2) is 9.78 Å². The van der Waals surface area contributed by atoms with E-state index in [4.69, 9.17) is 9.47 Å². The molecular weight excluding hydrogens is 570 g/mol. The second-order valence-electron chi connectivity index (χ2n) is 11.5. The summed E-state index contributed by atoms with van der Waals surface area (Å²) in [4.78, 5) is 49.2. The van der Waals surface area contributed by atoms with Crippen LogP contribution in [0, 0.1) is 0 Å². The molecule has 0 aliphatic heterocycles. The number of likely N-dealkylation sites (N-methyl/N-ethyl adjacent to an activating group) is 1. The number of benzene rings is 3. The first-order valence-electron chi connectivity index (χ1n) is 14.8. The van der Waals surface area contributed by atoms with Gasteiger partial charge in [0.25, 0.3) is 0 Å². The van der Waals surface area contributed by atoms with Gasteiger partial charge >= 0.3 is 6.09 Å². The minimum Gasteiger partial charge on any atom is -0.497 e. The van der Waals surface area contributed by atoms with E-state index in [1.165, 1.54) is 11.2 Å². The summed E-state index contributed by atoms with van der Waals surface area (Å²) < 4.78 is 10.7. The zero-order chi connectivity index (χ0) is 32.2. The Bertz CT molecular complexity index is 1510. The SMILES string of the molecule is COc1ccc(C[C@H](C(=O)NCC(C)(C)c2ccccc2)N(C)C(=O)[C@H](Cc2cnc[nH]2)NC(=O)OCc2ccccc2)cc1. The standard InChI is InChI=1S/C35H41N5O5/c1-35(2,27-13-9-6-10-14-27)23-37-32(41)31(19-25-15-17-29(44-4)18-16-25)40(3)33(42)30(20-28-21-36-24-38-28)39-34(43)45-22-26-11-7-5-8-12-26/h5-18,21,24,30-31H,19-20,22-23H2,1-4H3,(H,36,38)(H,37,41)(H,39,43)/t30-,31+/m0/s1. The molecule has 0 unspecified atom stereocenters. The van der Waals surface area contributed by atoms with Crippen LogP contribution in [0.15, 0.2) is 97.5 Å². The van der Waals surface area contributed by atoms with Crippen LogP contribution in [0.2, 0.25) is 0 Å². The van der Waals surface area contributed by atoms with Crippen LogP contribution in [0.1, 0.15) is 36.2 Å². The number of hydrogen-bond acceptors (Lipinski definition) is 6. The molecule has 0 aliphatic rings. The van der Waals surface area contributed by atoms with Crippen LogP contribution < -0.4 is 15.4 Å². The van der Waals surface area contributed by atoms with E-state index in [2.05, 4.69) is 34.4 Å². The molecule has 1 aromatic heterocycles. The summed E-state index contributed by atoms with van der Waals surface area (Å²) in [7, 11) is 3.17. The lowest BCUT2D eigenvalue weighted by Crippen LogP contribution is -2.56. The maximum absolute atomic E-state index is 14.1. The van der Waals surface area contributed by atoms with E-state index in [1.54, 1.807) is 20.4 Å². The summed E-state index contributed by atoms with van der Waals surface area (Å²) in [6, 6.07) is 24.7. The highest BCUT2D eigenvalue weighted by molar-refractivity contribution is 5.91. The van der Waals surface area contributed by atoms with Gasteiger partial charge in [-0.1, -0.05) is 86.6 Å². The lowest BCUT2D eigenvalue weighted by molar-refractivity contribution is -0.140. The van der Waals surface area contributed by atoms with Crippen LogP contribution >= 0.6 is 0 Å². The number of methoxy groups -OCH3 is 1. The summed E-state index contributed by atoms with van der Waals surface area (Å²) in [5.41, 5.74) is 3.04. The molecule has 3 N–H and O–H groups in total. The molecule has 0 saturated carbocycles. The molecule has 0 spiro atoms. The molecule has 0 fully saturated rings. The average molecular weight is 612 g/mol. The number of hydrogen-bond donors (Lipinski definition) is 3. The normalized spacial score (nSPS) is 12.4. The molecule has 0 saturated heterocycles. The highest BCUT2D eigenvalue weighted by Crippen LogP contribution is 2.22. The fraction of sp³-hybridized carbons (Fsp3) is 0.314. The van der Waals surface area contributed by atoms with Gasteiger partial charge in [-0.2, -0.15) is 0 Å². The number of ether oxygens (including phenoxy) is 2. The second kappa shape index (κ2) is 15.6. The van der Waals surface area contributed by atoms with Gasteiger partial charge in [-0.3, -0.25) is 9.59 Å². The maximum atomic E-state index is 14.1. The molecule has 10 heteroatoms. The largest absolute Gasteiger partial charge is 0.497 e. The second-order valence-corrected chi connectivity index (χ2v) is 11.5. The predicted octanol–water partition coefficient (Wildman–Crippen LogP) is 4.42. The fourth-order valence-corrected chi connectivity index (χ4v) is 4.93. The third-order valence-electron chi connectivity index (χ3n) is 7.75. The number of H-pyrrole nitrogens is 1. The van der Waals surface area contributed by atoms with Gasteiger partial charge in [0, 0.05) is 43.7 Å². The number of imidazole rings is 1. The number of nitrogens with zero attached hydrogens (tertiary/aromatic N) is 2. The summed E-state index contributed by atoms with van der Waals surface area (Å²) >= 11 is 0. The molecule has 3 amide bonds. The summed E-state index contributed by atoms with van der Waals surface area (Å²) in [6.45, 7) is 4.52. The number of carbonyl (C=O) groups excluding carboxylic acids is 3. The third-order valence-corrected chi connectivity index (χ3v) is 7.75. The zero-order valence-electron chi connectivity index (χ0n) is 26.2. The minimum atomic E-state index is -1.02. The van der Waals surface area contributed by atoms with Crippen molar-refractivity contribution < 1.29 is 23.9 Å². The molecule has 3 aromatic carbocycles. The molecule has 4 rings (SSSR count). The average Bonchev–Trinajstić information content (AvgIpc) is 3.58. The topological polar surface area (TPSA) is 126 Å². The van der Waals surface area contributed by atoms with E-state index in [9.17, 15) is 14.4 Å². The van der Waals surface area contributed by atoms with Crippen LogP contribution in [-0.2, 0) is 39.2 Å². The molecular formula is C35H41N5O5. The number of aromatic nitrogens is 2. The molecule has 45 heavy (non-hydrogen) atoms. The summed E-state index contributed by atoms with van der Waals surface area (Å²) in [5.74, 6) is -0.0681. The number of alkyl carbamates (subject to hydrolysis) is 1. The minimum absolute atomic E-state index is 0.0488. The van der Waals surface area contributed by atoms with E-state index in [-0.39, 0.29) is 30.8 Å². The number of aromatic amines is 1. The first kappa shape index (κ1) is 32.8. The van der Waals surface area contributed by atoms with Gasteiger partial charge in [0.2, 0.25) is 11.8 Å². The highest BCUT2D eigenvalue weighted by atomic mass is 16.5. The molecule has 4 aromatic rings. The Morgan fingerprint density at radius 2 is 1.58 bits per heavy atom. The first-order chi connectivity index (χ1) is 21.7. The summed E-state index contributed by atoms with van der Waals surface area (Å²) in [5, 5.41) is 5.79. The van der Waals surface area contributed by atoms with E-state index in [1.807, 2.05) is 84.9 Å². The van der Waals surface area contributed by atoms with Crippen molar-refractivity contribution in [3.8, 4) is 5.75 Å². The molecule has 10 nitrogen and oxygen atoms in total. The van der Waals surface area contributed by atoms with Crippen molar-refractivity contribution in [1.29, 1.82) is 0 Å². The quantitative estimate of drug-likeness (QED) is 0.194. The van der Waals surface area contributed by atoms with Gasteiger partial charge in [0.15, 0.2) is 0 Å². The van der Waals surface area contributed by atoms with Crippen molar-refractivity contribution in [2.45, 2.75) is 50.8 Å². The van der Waals surface area contributed by atoms with E-state index < -0.39 is 24.1 Å². The zero-order valence-corrected chi connectivity index (χ0v) is 26.2. The van der Waals surface area contributed by atoms with Crippen molar-refractivity contribution in [2.24, 2.45) is 0 Å². The lowest BCUT2D eigenvalue weighted by Gasteiger charge is -2.32. The van der Waals surface area contributed by atoms with Crippen LogP contribution in [0.5, 0.6) is 5.75 Å². The number of nitrogens with one attached hydrogen (secondary N) is 3. The molecule has 0 radical (unpaired) electrons. The Labute approximate surface area is 264 Å². The predicted molar refractivity (Wildman–Crippen MR) is 172 cm³/mol. The van der Waals surface area contributed by atoms with Crippen molar-refractivity contribution >= 4 is 17.9 Å². The van der Waals surface area contributed by atoms with Gasteiger partial charge in [0.1, 0.15) is 24.4 Å². The van der Waals surface area contributed by atoms with E-state index in [0.29, 0.717) is 18.0 Å². The van der Waals surface area contributed by atoms with E-state index in [0.717, 1.165) is 16.7 Å². The Kier molecular flexibility index (Phi) is 11.3. The number of rotatable bonds is 14. The highest BCUT2D eigenvalue weighted by Gasteiger charge is 2.34. The Hall–Kier alpha value is -5.12. The Balaban J connectivity index is 1.53. The van der Waals surface area contributed by atoms with Crippen molar-refractivity contribution in [3.05, 3.63) is 120 Å². The maximum Gasteiger partial charge on any atom is 0.408 e. The molecule has 236 valence electrons. The number of amides is 3. The Morgan fingerprint density at radius 1 is 0.911 bits per heavy atom. The Morgan fingerprint density at radius 3 is 2.20 bits per heavy atom. The summed E-state index contributed by atoms with van der Waals surface area (Å²) in [6.07, 6.45) is 2.72. The molecule has 0 bridgehead atoms. The first-order valence-corrected chi connectivity index (χ1v) is 14.8. The number of carbonyl (C=O) groups is 3. The van der Waals surface area contributed by atoms with Crippen LogP contribution in [0.4, 0.5) is 4.79 Å². The van der Waals surface area contributed by atoms with E-state index >= 15 is 0 Å². The van der Waals surface area contributed by atoms with Crippen molar-refractivity contribution in [3.63, 3.8) is 0 Å².